The van der Waals surface area contributed by atoms with E-state index >= 15 is 0 Å². The van der Waals surface area contributed by atoms with Gasteiger partial charge < -0.3 is 19.0 Å². The van der Waals surface area contributed by atoms with Gasteiger partial charge in [0.05, 0.1) is 6.20 Å². The Morgan fingerprint density at radius 1 is 1.16 bits per heavy atom. The van der Waals surface area contributed by atoms with E-state index in [0.717, 1.165) is 11.1 Å². The second kappa shape index (κ2) is 8.23. The molecule has 158 valence electrons. The molecule has 31 heavy (non-hydrogen) atoms. The van der Waals surface area contributed by atoms with Crippen LogP contribution < -0.4 is 9.47 Å². The number of aromatic nitrogens is 3. The first-order valence-corrected chi connectivity index (χ1v) is 9.76. The second-order valence-corrected chi connectivity index (χ2v) is 7.40. The number of carboxylic acid groups (broad SMARTS) is 1. The van der Waals surface area contributed by atoms with Gasteiger partial charge in [-0.2, -0.15) is 4.98 Å². The number of aryl methyl sites for hydroxylation is 2. The molecule has 0 aliphatic carbocycles. The van der Waals surface area contributed by atoms with E-state index in [1.165, 1.54) is 13.1 Å². The van der Waals surface area contributed by atoms with Crippen LogP contribution in [0.3, 0.4) is 0 Å². The number of carbonyl (C=O) groups is 1. The van der Waals surface area contributed by atoms with E-state index in [1.54, 1.807) is 24.3 Å². The molecule has 2 aromatic heterocycles. The van der Waals surface area contributed by atoms with Crippen LogP contribution in [0.1, 0.15) is 18.1 Å². The number of nitrogens with zero attached hydrogens (tertiary/aromatic N) is 3. The van der Waals surface area contributed by atoms with Gasteiger partial charge in [-0.15, -0.1) is 0 Å². The molecule has 0 bridgehead atoms. The third-order valence-corrected chi connectivity index (χ3v) is 4.72. The standard InChI is InChI=1S/C22H18ClN3O5/c1-11-7-14(8-12(2)18(11)29-13(3)21(27)28)19-25-17-10-24-22(26-20(17)31-19)30-16-6-4-5-15(23)9-16/h4-10,13H,1-3H3,(H,27,28). The molecule has 1 N–H and O–H groups in total. The molecule has 0 radical (unpaired) electrons. The van der Waals surface area contributed by atoms with Crippen LogP contribution in [0.25, 0.3) is 22.7 Å². The fourth-order valence-corrected chi connectivity index (χ4v) is 3.20. The zero-order valence-electron chi connectivity index (χ0n) is 16.9. The molecule has 9 heteroatoms. The summed E-state index contributed by atoms with van der Waals surface area (Å²) in [7, 11) is 0. The number of hydrogen-bond donors (Lipinski definition) is 1. The van der Waals surface area contributed by atoms with Crippen LogP contribution in [0, 0.1) is 13.8 Å². The Morgan fingerprint density at radius 2 is 1.90 bits per heavy atom. The van der Waals surface area contributed by atoms with E-state index in [4.69, 9.17) is 30.6 Å². The normalized spacial score (nSPS) is 12.0. The number of ether oxygens (including phenoxy) is 2. The summed E-state index contributed by atoms with van der Waals surface area (Å²) >= 11 is 5.97. The van der Waals surface area contributed by atoms with Crippen molar-refractivity contribution in [3.05, 3.63) is 58.7 Å². The van der Waals surface area contributed by atoms with Gasteiger partial charge in [0.2, 0.25) is 5.89 Å². The lowest BCUT2D eigenvalue weighted by molar-refractivity contribution is -0.144. The minimum Gasteiger partial charge on any atom is -0.479 e. The molecule has 0 spiro atoms. The predicted molar refractivity (Wildman–Crippen MR) is 114 cm³/mol. The molecule has 2 aromatic carbocycles. The SMILES string of the molecule is Cc1cc(-c2nc3cnc(Oc4cccc(Cl)c4)nc3o2)cc(C)c1OC(C)C(=O)O. The van der Waals surface area contributed by atoms with Crippen molar-refractivity contribution in [1.82, 2.24) is 15.0 Å². The summed E-state index contributed by atoms with van der Waals surface area (Å²) in [5.41, 5.74) is 2.99. The molecule has 0 saturated carbocycles. The van der Waals surface area contributed by atoms with Gasteiger partial charge in [0.25, 0.3) is 5.71 Å². The maximum atomic E-state index is 11.1. The maximum Gasteiger partial charge on any atom is 0.344 e. The Labute approximate surface area is 182 Å². The fourth-order valence-electron chi connectivity index (χ4n) is 3.02. The van der Waals surface area contributed by atoms with Gasteiger partial charge in [-0.3, -0.25) is 0 Å². The second-order valence-electron chi connectivity index (χ2n) is 6.96. The Balaban J connectivity index is 1.63. The third-order valence-electron chi connectivity index (χ3n) is 4.48. The molecule has 0 saturated heterocycles. The Hall–Kier alpha value is -3.65. The number of halogens is 1. The van der Waals surface area contributed by atoms with Crippen LogP contribution in [0.15, 0.2) is 47.0 Å². The van der Waals surface area contributed by atoms with Gasteiger partial charge >= 0.3 is 12.0 Å². The summed E-state index contributed by atoms with van der Waals surface area (Å²) in [6.07, 6.45) is 0.557. The number of benzene rings is 2. The van der Waals surface area contributed by atoms with Crippen molar-refractivity contribution in [3.63, 3.8) is 0 Å². The van der Waals surface area contributed by atoms with Crippen molar-refractivity contribution in [2.45, 2.75) is 26.9 Å². The molecule has 1 unspecified atom stereocenters. The quantitative estimate of drug-likeness (QED) is 0.436. The first-order valence-electron chi connectivity index (χ1n) is 9.38. The Bertz CT molecular complexity index is 1260. The topological polar surface area (TPSA) is 108 Å². The molecule has 0 fully saturated rings. The Morgan fingerprint density at radius 3 is 2.58 bits per heavy atom. The fraction of sp³-hybridized carbons (Fsp3) is 0.182. The van der Waals surface area contributed by atoms with E-state index in [2.05, 4.69) is 15.0 Å². The smallest absolute Gasteiger partial charge is 0.344 e. The van der Waals surface area contributed by atoms with Gasteiger partial charge in [0.1, 0.15) is 17.0 Å². The van der Waals surface area contributed by atoms with Crippen molar-refractivity contribution in [3.8, 4) is 29.0 Å². The number of fused-ring (bicyclic) bond motifs is 1. The van der Waals surface area contributed by atoms with Gasteiger partial charge in [0, 0.05) is 10.6 Å². The summed E-state index contributed by atoms with van der Waals surface area (Å²) in [5.74, 6) is 0.347. The summed E-state index contributed by atoms with van der Waals surface area (Å²) in [4.78, 5) is 24.0. The van der Waals surface area contributed by atoms with E-state index in [0.29, 0.717) is 33.5 Å². The van der Waals surface area contributed by atoms with Gasteiger partial charge in [-0.05, 0) is 62.2 Å². The highest BCUT2D eigenvalue weighted by molar-refractivity contribution is 6.30. The first kappa shape index (κ1) is 20.6. The van der Waals surface area contributed by atoms with E-state index in [1.807, 2.05) is 26.0 Å². The Kier molecular flexibility index (Phi) is 5.48. The van der Waals surface area contributed by atoms with Crippen molar-refractivity contribution in [1.29, 1.82) is 0 Å². The number of carboxylic acids is 1. The lowest BCUT2D eigenvalue weighted by Gasteiger charge is -2.16. The summed E-state index contributed by atoms with van der Waals surface area (Å²) in [5, 5.41) is 9.63. The third kappa shape index (κ3) is 4.44. The van der Waals surface area contributed by atoms with Crippen molar-refractivity contribution >= 4 is 28.8 Å². The average Bonchev–Trinajstić information content (AvgIpc) is 3.14. The predicted octanol–water partition coefficient (Wildman–Crippen LogP) is 5.20. The highest BCUT2D eigenvalue weighted by atomic mass is 35.5. The molecule has 4 aromatic rings. The van der Waals surface area contributed by atoms with Crippen LogP contribution >= 0.6 is 11.6 Å². The summed E-state index contributed by atoms with van der Waals surface area (Å²) < 4.78 is 17.0. The molecule has 0 amide bonds. The van der Waals surface area contributed by atoms with Gasteiger partial charge in [-0.25, -0.2) is 14.8 Å². The van der Waals surface area contributed by atoms with Gasteiger partial charge in [0.15, 0.2) is 6.10 Å². The van der Waals surface area contributed by atoms with Crippen LogP contribution in [0.2, 0.25) is 5.02 Å². The zero-order chi connectivity index (χ0) is 22.1. The lowest BCUT2D eigenvalue weighted by atomic mass is 10.1. The molecule has 2 heterocycles. The van der Waals surface area contributed by atoms with Gasteiger partial charge in [-0.1, -0.05) is 17.7 Å². The lowest BCUT2D eigenvalue weighted by Crippen LogP contribution is -2.23. The minimum atomic E-state index is -1.03. The molecule has 1 atom stereocenters. The van der Waals surface area contributed by atoms with E-state index in [9.17, 15) is 4.79 Å². The van der Waals surface area contributed by atoms with Crippen LogP contribution in [-0.2, 0) is 4.79 Å². The molecular formula is C22H18ClN3O5. The number of aliphatic carboxylic acids is 1. The molecule has 0 aliphatic rings. The monoisotopic (exact) mass is 439 g/mol. The van der Waals surface area contributed by atoms with Crippen molar-refractivity contribution in [2.24, 2.45) is 0 Å². The molecule has 0 aliphatic heterocycles. The van der Waals surface area contributed by atoms with Crippen molar-refractivity contribution in [2.75, 3.05) is 0 Å². The van der Waals surface area contributed by atoms with E-state index in [-0.39, 0.29) is 11.7 Å². The number of hydrogen-bond acceptors (Lipinski definition) is 7. The number of rotatable bonds is 6. The van der Waals surface area contributed by atoms with Crippen molar-refractivity contribution < 1.29 is 23.8 Å². The van der Waals surface area contributed by atoms with Crippen LogP contribution in [0.4, 0.5) is 0 Å². The van der Waals surface area contributed by atoms with Crippen LogP contribution in [0.5, 0.6) is 17.5 Å². The molecular weight excluding hydrogens is 422 g/mol. The van der Waals surface area contributed by atoms with E-state index < -0.39 is 12.1 Å². The highest BCUT2D eigenvalue weighted by Gasteiger charge is 2.18. The van der Waals surface area contributed by atoms with Crippen LogP contribution in [-0.4, -0.2) is 32.1 Å². The first-order chi connectivity index (χ1) is 14.8. The average molecular weight is 440 g/mol. The zero-order valence-corrected chi connectivity index (χ0v) is 17.7. The number of oxazole rings is 1. The molecule has 8 nitrogen and oxygen atoms in total. The highest BCUT2D eigenvalue weighted by Crippen LogP contribution is 2.32. The molecule has 4 rings (SSSR count). The minimum absolute atomic E-state index is 0.108. The maximum absolute atomic E-state index is 11.1. The summed E-state index contributed by atoms with van der Waals surface area (Å²) in [6.45, 7) is 5.15. The largest absolute Gasteiger partial charge is 0.479 e. The summed E-state index contributed by atoms with van der Waals surface area (Å²) in [6, 6.07) is 10.6.